The van der Waals surface area contributed by atoms with Crippen molar-refractivity contribution in [1.82, 2.24) is 10.2 Å². The van der Waals surface area contributed by atoms with E-state index >= 15 is 0 Å². The first-order chi connectivity index (χ1) is 10.3. The van der Waals surface area contributed by atoms with Crippen molar-refractivity contribution < 1.29 is 13.9 Å². The zero-order valence-corrected chi connectivity index (χ0v) is 13.0. The summed E-state index contributed by atoms with van der Waals surface area (Å²) >= 11 is 2.00. The molecule has 2 saturated heterocycles. The van der Waals surface area contributed by atoms with Gasteiger partial charge in [-0.2, -0.15) is 11.8 Å². The van der Waals surface area contributed by atoms with Gasteiger partial charge in [-0.25, -0.2) is 0 Å². The smallest absolute Gasteiger partial charge is 0.287 e. The molecule has 5 nitrogen and oxygen atoms in total. The molecule has 0 atom stereocenters. The number of hydrogen-bond donors (Lipinski definition) is 1. The molecule has 116 valence electrons. The van der Waals surface area contributed by atoms with E-state index in [4.69, 9.17) is 9.15 Å². The predicted molar refractivity (Wildman–Crippen MR) is 82.7 cm³/mol. The summed E-state index contributed by atoms with van der Waals surface area (Å²) in [6.07, 6.45) is 3.77. The molecule has 0 aromatic carbocycles. The van der Waals surface area contributed by atoms with Crippen molar-refractivity contribution in [3.8, 4) is 0 Å². The second kappa shape index (κ2) is 6.85. The molecular weight excluding hydrogens is 288 g/mol. The zero-order valence-electron chi connectivity index (χ0n) is 12.2. The van der Waals surface area contributed by atoms with Crippen LogP contribution >= 0.6 is 11.8 Å². The Balaban J connectivity index is 1.65. The van der Waals surface area contributed by atoms with Gasteiger partial charge in [-0.05, 0) is 36.5 Å². The number of morpholine rings is 1. The molecule has 1 N–H and O–H groups in total. The van der Waals surface area contributed by atoms with Crippen molar-refractivity contribution >= 4 is 17.7 Å². The molecule has 2 fully saturated rings. The number of furan rings is 1. The maximum atomic E-state index is 12.1. The predicted octanol–water partition coefficient (Wildman–Crippen LogP) is 1.61. The fourth-order valence-electron chi connectivity index (χ4n) is 3.13. The molecule has 0 radical (unpaired) electrons. The summed E-state index contributed by atoms with van der Waals surface area (Å²) in [5, 5.41) is 3.07. The van der Waals surface area contributed by atoms with Crippen LogP contribution in [0.4, 0.5) is 0 Å². The highest BCUT2D eigenvalue weighted by Crippen LogP contribution is 2.32. The van der Waals surface area contributed by atoms with Crippen LogP contribution in [-0.4, -0.2) is 60.7 Å². The van der Waals surface area contributed by atoms with Gasteiger partial charge in [0.15, 0.2) is 5.76 Å². The van der Waals surface area contributed by atoms with E-state index in [-0.39, 0.29) is 11.4 Å². The lowest BCUT2D eigenvalue weighted by Gasteiger charge is -2.47. The van der Waals surface area contributed by atoms with Gasteiger partial charge in [0.25, 0.3) is 5.91 Å². The standard InChI is InChI=1S/C15H22N2O3S/c18-14(13-2-1-7-20-13)16-12-15(3-10-21-11-4-15)17-5-8-19-9-6-17/h1-2,7H,3-6,8-12H2,(H,16,18). The van der Waals surface area contributed by atoms with E-state index in [0.29, 0.717) is 12.3 Å². The SMILES string of the molecule is O=C(NCC1(N2CCOCC2)CCSCC1)c1ccco1. The Hall–Kier alpha value is -0.980. The number of nitrogens with zero attached hydrogens (tertiary/aromatic N) is 1. The molecule has 1 aromatic rings. The minimum atomic E-state index is -0.120. The molecule has 1 aromatic heterocycles. The monoisotopic (exact) mass is 310 g/mol. The number of carbonyl (C=O) groups is 1. The summed E-state index contributed by atoms with van der Waals surface area (Å²) < 4.78 is 10.6. The second-order valence-electron chi connectivity index (χ2n) is 5.60. The van der Waals surface area contributed by atoms with Crippen LogP contribution in [0.5, 0.6) is 0 Å². The van der Waals surface area contributed by atoms with Gasteiger partial charge in [0, 0.05) is 25.2 Å². The van der Waals surface area contributed by atoms with E-state index in [1.165, 1.54) is 6.26 Å². The van der Waals surface area contributed by atoms with Gasteiger partial charge in [0.1, 0.15) is 0 Å². The minimum absolute atomic E-state index is 0.0806. The summed E-state index contributed by atoms with van der Waals surface area (Å²) in [6.45, 7) is 4.19. The van der Waals surface area contributed by atoms with Crippen molar-refractivity contribution in [1.29, 1.82) is 0 Å². The number of thioether (sulfide) groups is 1. The van der Waals surface area contributed by atoms with Crippen LogP contribution in [0.25, 0.3) is 0 Å². The van der Waals surface area contributed by atoms with Crippen LogP contribution in [0.15, 0.2) is 22.8 Å². The van der Waals surface area contributed by atoms with Gasteiger partial charge in [0.2, 0.25) is 0 Å². The first-order valence-corrected chi connectivity index (χ1v) is 8.68. The summed E-state index contributed by atoms with van der Waals surface area (Å²) in [5.41, 5.74) is 0.0806. The van der Waals surface area contributed by atoms with Crippen LogP contribution in [0, 0.1) is 0 Å². The molecule has 2 aliphatic rings. The summed E-state index contributed by atoms with van der Waals surface area (Å²) in [4.78, 5) is 14.6. The van der Waals surface area contributed by atoms with E-state index in [1.807, 2.05) is 11.8 Å². The molecule has 3 heterocycles. The Morgan fingerprint density at radius 1 is 1.33 bits per heavy atom. The third-order valence-corrected chi connectivity index (χ3v) is 5.41. The van der Waals surface area contributed by atoms with E-state index in [0.717, 1.165) is 50.7 Å². The number of nitrogens with one attached hydrogen (secondary N) is 1. The van der Waals surface area contributed by atoms with Gasteiger partial charge in [-0.15, -0.1) is 0 Å². The van der Waals surface area contributed by atoms with Gasteiger partial charge in [-0.3, -0.25) is 9.69 Å². The lowest BCUT2D eigenvalue weighted by atomic mass is 9.89. The maximum Gasteiger partial charge on any atom is 0.287 e. The summed E-state index contributed by atoms with van der Waals surface area (Å²) in [6, 6.07) is 3.44. The van der Waals surface area contributed by atoms with E-state index < -0.39 is 0 Å². The van der Waals surface area contributed by atoms with E-state index in [2.05, 4.69) is 10.2 Å². The van der Waals surface area contributed by atoms with Crippen LogP contribution in [-0.2, 0) is 4.74 Å². The van der Waals surface area contributed by atoms with Gasteiger partial charge >= 0.3 is 0 Å². The largest absolute Gasteiger partial charge is 0.459 e. The average molecular weight is 310 g/mol. The Labute approximate surface area is 129 Å². The Morgan fingerprint density at radius 3 is 2.76 bits per heavy atom. The highest BCUT2D eigenvalue weighted by Gasteiger charge is 2.39. The van der Waals surface area contributed by atoms with Crippen molar-refractivity contribution in [2.24, 2.45) is 0 Å². The van der Waals surface area contributed by atoms with Crippen LogP contribution < -0.4 is 5.32 Å². The molecule has 21 heavy (non-hydrogen) atoms. The third kappa shape index (κ3) is 3.44. The highest BCUT2D eigenvalue weighted by molar-refractivity contribution is 7.99. The van der Waals surface area contributed by atoms with E-state index in [1.54, 1.807) is 12.1 Å². The van der Waals surface area contributed by atoms with Crippen molar-refractivity contribution in [3.63, 3.8) is 0 Å². The molecule has 0 bridgehead atoms. The fraction of sp³-hybridized carbons (Fsp3) is 0.667. The second-order valence-corrected chi connectivity index (χ2v) is 6.82. The van der Waals surface area contributed by atoms with Crippen molar-refractivity contribution in [3.05, 3.63) is 24.2 Å². The van der Waals surface area contributed by atoms with Crippen LogP contribution in [0.2, 0.25) is 0 Å². The lowest BCUT2D eigenvalue weighted by Crippen LogP contribution is -2.60. The van der Waals surface area contributed by atoms with Crippen molar-refractivity contribution in [2.75, 3.05) is 44.4 Å². The van der Waals surface area contributed by atoms with Gasteiger partial charge < -0.3 is 14.5 Å². The molecule has 3 rings (SSSR count). The Kier molecular flexibility index (Phi) is 4.87. The third-order valence-electron chi connectivity index (χ3n) is 4.43. The van der Waals surface area contributed by atoms with Crippen molar-refractivity contribution in [2.45, 2.75) is 18.4 Å². The average Bonchev–Trinajstić information content (AvgIpc) is 3.09. The minimum Gasteiger partial charge on any atom is -0.459 e. The van der Waals surface area contributed by atoms with Crippen LogP contribution in [0.3, 0.4) is 0 Å². The molecular formula is C15H22N2O3S. The number of rotatable bonds is 4. The number of amides is 1. The Bertz CT molecular complexity index is 451. The topological polar surface area (TPSA) is 54.7 Å². The number of hydrogen-bond acceptors (Lipinski definition) is 5. The van der Waals surface area contributed by atoms with E-state index in [9.17, 15) is 4.79 Å². The molecule has 1 amide bonds. The van der Waals surface area contributed by atoms with Crippen LogP contribution in [0.1, 0.15) is 23.4 Å². The summed E-state index contributed by atoms with van der Waals surface area (Å²) in [7, 11) is 0. The fourth-order valence-corrected chi connectivity index (χ4v) is 4.39. The number of carbonyl (C=O) groups excluding carboxylic acids is 1. The zero-order chi connectivity index (χ0) is 14.5. The number of ether oxygens (including phenoxy) is 1. The highest BCUT2D eigenvalue weighted by atomic mass is 32.2. The maximum absolute atomic E-state index is 12.1. The van der Waals surface area contributed by atoms with Gasteiger partial charge in [-0.1, -0.05) is 0 Å². The molecule has 0 unspecified atom stereocenters. The quantitative estimate of drug-likeness (QED) is 0.915. The van der Waals surface area contributed by atoms with Gasteiger partial charge in [0.05, 0.1) is 19.5 Å². The first kappa shape index (κ1) is 14.9. The molecule has 2 aliphatic heterocycles. The molecule has 0 aliphatic carbocycles. The molecule has 6 heteroatoms. The molecule has 0 saturated carbocycles. The summed E-state index contributed by atoms with van der Waals surface area (Å²) in [5.74, 6) is 2.59. The Morgan fingerprint density at radius 2 is 2.10 bits per heavy atom. The molecule has 0 spiro atoms. The normalized spacial score (nSPS) is 22.9. The first-order valence-electron chi connectivity index (χ1n) is 7.52. The lowest BCUT2D eigenvalue weighted by molar-refractivity contribution is -0.0255.